The molecule has 3 atom stereocenters. The summed E-state index contributed by atoms with van der Waals surface area (Å²) in [6.07, 6.45) is 1.90. The second-order valence-corrected chi connectivity index (χ2v) is 12.3. The number of hydrogen-bond donors (Lipinski definition) is 4. The van der Waals surface area contributed by atoms with Gasteiger partial charge in [0, 0.05) is 25.7 Å². The lowest BCUT2D eigenvalue weighted by Gasteiger charge is -2.37. The number of hydrogen-bond acceptors (Lipinski definition) is 8. The quantitative estimate of drug-likeness (QED) is 0.307. The predicted octanol–water partition coefficient (Wildman–Crippen LogP) is 2.31. The lowest BCUT2D eigenvalue weighted by atomic mass is 9.85. The zero-order valence-corrected chi connectivity index (χ0v) is 25.9. The van der Waals surface area contributed by atoms with Crippen molar-refractivity contribution in [3.8, 4) is 0 Å². The van der Waals surface area contributed by atoms with Crippen LogP contribution >= 0.6 is 0 Å². The molecule has 13 heteroatoms. The van der Waals surface area contributed by atoms with Crippen molar-refractivity contribution in [3.05, 3.63) is 65.7 Å². The molecule has 238 valence electrons. The number of amides is 3. The van der Waals surface area contributed by atoms with Gasteiger partial charge in [0.15, 0.2) is 0 Å². The van der Waals surface area contributed by atoms with Crippen LogP contribution in [0.15, 0.2) is 53.6 Å². The first-order valence-electron chi connectivity index (χ1n) is 14.8. The Kier molecular flexibility index (Phi) is 10.4. The normalized spacial score (nSPS) is 17.8. The van der Waals surface area contributed by atoms with E-state index in [1.165, 1.54) is 41.5 Å². The van der Waals surface area contributed by atoms with Gasteiger partial charge in [0.05, 0.1) is 11.7 Å². The van der Waals surface area contributed by atoms with Crippen molar-refractivity contribution in [2.24, 2.45) is 10.5 Å². The monoisotopic (exact) mass is 612 g/mol. The summed E-state index contributed by atoms with van der Waals surface area (Å²) in [4.78, 5) is 44.0. The molecule has 0 radical (unpaired) electrons. The van der Waals surface area contributed by atoms with E-state index in [0.717, 1.165) is 12.0 Å². The fourth-order valence-corrected chi connectivity index (χ4v) is 5.19. The van der Waals surface area contributed by atoms with Crippen LogP contribution in [0.4, 0.5) is 14.5 Å². The Balaban J connectivity index is 1.52. The molecule has 44 heavy (non-hydrogen) atoms. The third kappa shape index (κ3) is 8.01. The number of rotatable bonds is 11. The highest BCUT2D eigenvalue weighted by Gasteiger charge is 2.41. The summed E-state index contributed by atoms with van der Waals surface area (Å²) in [5.41, 5.74) is 6.50. The highest BCUT2D eigenvalue weighted by atomic mass is 19.1. The Labute approximate surface area is 257 Å². The van der Waals surface area contributed by atoms with Gasteiger partial charge in [-0.3, -0.25) is 19.8 Å². The third-order valence-electron chi connectivity index (χ3n) is 7.95. The van der Waals surface area contributed by atoms with E-state index in [1.807, 2.05) is 20.8 Å². The van der Waals surface area contributed by atoms with Crippen LogP contribution < -0.4 is 26.7 Å². The van der Waals surface area contributed by atoms with E-state index in [9.17, 15) is 23.2 Å². The number of carbonyl (C=O) groups excluding carboxylic acids is 3. The number of nitrogens with zero attached hydrogens (tertiary/aromatic N) is 4. The fraction of sp³-hybridized carbons (Fsp3) is 0.484. The molecule has 3 unspecified atom stereocenters. The van der Waals surface area contributed by atoms with Crippen molar-refractivity contribution in [2.45, 2.75) is 65.1 Å². The Morgan fingerprint density at radius 2 is 1.70 bits per heavy atom. The number of hydrazone groups is 1. The van der Waals surface area contributed by atoms with Gasteiger partial charge in [-0.15, -0.1) is 5.10 Å². The number of nitrogens with one attached hydrogen (secondary N) is 4. The van der Waals surface area contributed by atoms with Crippen LogP contribution in [0.2, 0.25) is 0 Å². The van der Waals surface area contributed by atoms with E-state index >= 15 is 0 Å². The Morgan fingerprint density at radius 3 is 2.32 bits per heavy atom. The lowest BCUT2D eigenvalue weighted by molar-refractivity contribution is -0.141. The van der Waals surface area contributed by atoms with Crippen molar-refractivity contribution < 1.29 is 23.2 Å². The standard InChI is InChI=1S/C31H42F2N8O3/c1-20(34-5)28(42)35-26(31(2,3)4)29(43)40-17-6-7-25(40)19-39(18-16-21-8-10-22(32)11-9-21)30(44)27-36-38-41(37-27)24-14-12-23(33)13-15-24/h8-15,20,25-26,34,38H,6-7,16-19H2,1-5H3,(H,35,42)(H,36,37). The molecule has 2 aliphatic heterocycles. The number of likely N-dealkylation sites (tertiary alicyclic amines) is 1. The predicted molar refractivity (Wildman–Crippen MR) is 164 cm³/mol. The van der Waals surface area contributed by atoms with Gasteiger partial charge in [-0.05, 0) is 80.6 Å². The fourth-order valence-electron chi connectivity index (χ4n) is 5.19. The molecule has 0 aromatic heterocycles. The third-order valence-corrected chi connectivity index (χ3v) is 7.95. The van der Waals surface area contributed by atoms with E-state index < -0.39 is 29.2 Å². The van der Waals surface area contributed by atoms with Crippen LogP contribution in [0.3, 0.4) is 0 Å². The molecule has 4 N–H and O–H groups in total. The van der Waals surface area contributed by atoms with Crippen LogP contribution in [0.25, 0.3) is 0 Å². The number of likely N-dealkylation sites (N-methyl/N-ethyl adjacent to an activating group) is 1. The number of anilines is 1. The molecule has 1 fully saturated rings. The number of halogens is 2. The molecule has 4 rings (SSSR count). The largest absolute Gasteiger partial charge is 0.342 e. The minimum absolute atomic E-state index is 0.0326. The summed E-state index contributed by atoms with van der Waals surface area (Å²) in [7, 11) is 1.68. The molecule has 2 aromatic carbocycles. The first-order chi connectivity index (χ1) is 20.9. The van der Waals surface area contributed by atoms with Gasteiger partial charge < -0.3 is 20.4 Å². The molecule has 2 aliphatic rings. The zero-order valence-electron chi connectivity index (χ0n) is 25.9. The molecule has 2 heterocycles. The molecule has 11 nitrogen and oxygen atoms in total. The zero-order chi connectivity index (χ0) is 32.0. The van der Waals surface area contributed by atoms with Gasteiger partial charge in [0.1, 0.15) is 17.7 Å². The van der Waals surface area contributed by atoms with Crippen molar-refractivity contribution in [3.63, 3.8) is 0 Å². The van der Waals surface area contributed by atoms with E-state index in [-0.39, 0.29) is 36.1 Å². The summed E-state index contributed by atoms with van der Waals surface area (Å²) in [5, 5.41) is 11.4. The van der Waals surface area contributed by atoms with Gasteiger partial charge in [-0.25, -0.2) is 8.78 Å². The molecule has 0 aliphatic carbocycles. The Morgan fingerprint density at radius 1 is 1.07 bits per heavy atom. The smallest absolute Gasteiger partial charge is 0.293 e. The van der Waals surface area contributed by atoms with E-state index in [0.29, 0.717) is 31.6 Å². The topological polar surface area (TPSA) is 121 Å². The average Bonchev–Trinajstić information content (AvgIpc) is 3.68. The Hall–Kier alpha value is -4.26. The highest BCUT2D eigenvalue weighted by Crippen LogP contribution is 2.27. The van der Waals surface area contributed by atoms with Crippen LogP contribution in [0.5, 0.6) is 0 Å². The Bertz CT molecular complexity index is 1350. The van der Waals surface area contributed by atoms with Crippen molar-refractivity contribution in [1.82, 2.24) is 31.4 Å². The van der Waals surface area contributed by atoms with Crippen LogP contribution in [-0.2, 0) is 20.8 Å². The van der Waals surface area contributed by atoms with Crippen molar-refractivity contribution >= 4 is 29.2 Å². The number of carbonyl (C=O) groups is 3. The summed E-state index contributed by atoms with van der Waals surface area (Å²) < 4.78 is 26.9. The molecule has 0 spiro atoms. The van der Waals surface area contributed by atoms with Crippen LogP contribution in [0.1, 0.15) is 46.1 Å². The number of amidine groups is 1. The molecule has 1 saturated heterocycles. The minimum atomic E-state index is -0.760. The van der Waals surface area contributed by atoms with Crippen molar-refractivity contribution in [1.29, 1.82) is 0 Å². The van der Waals surface area contributed by atoms with Crippen LogP contribution in [-0.4, -0.2) is 78.2 Å². The van der Waals surface area contributed by atoms with E-state index in [2.05, 4.69) is 26.7 Å². The molecule has 3 amide bonds. The number of benzene rings is 2. The maximum atomic E-state index is 14.0. The van der Waals surface area contributed by atoms with E-state index in [4.69, 9.17) is 0 Å². The van der Waals surface area contributed by atoms with Crippen LogP contribution in [0, 0.1) is 17.0 Å². The molecular weight excluding hydrogens is 570 g/mol. The summed E-state index contributed by atoms with van der Waals surface area (Å²) >= 11 is 0. The van der Waals surface area contributed by atoms with Gasteiger partial charge in [-0.1, -0.05) is 32.9 Å². The van der Waals surface area contributed by atoms with E-state index in [1.54, 1.807) is 35.9 Å². The first-order valence-corrected chi connectivity index (χ1v) is 14.8. The SMILES string of the molecule is CNC(C)C(=O)NC(C(=O)N1CCCC1CN(CCc1ccc(F)cc1)C(=O)C1=NNN(c2ccc(F)cc2)N1)C(C)(C)C. The summed E-state index contributed by atoms with van der Waals surface area (Å²) in [6.45, 7) is 8.50. The minimum Gasteiger partial charge on any atom is -0.342 e. The van der Waals surface area contributed by atoms with Gasteiger partial charge in [0.25, 0.3) is 5.91 Å². The summed E-state index contributed by atoms with van der Waals surface area (Å²) in [5.74, 6) is -1.56. The van der Waals surface area contributed by atoms with Crippen molar-refractivity contribution in [2.75, 3.05) is 31.8 Å². The molecule has 2 aromatic rings. The molecule has 0 bridgehead atoms. The first kappa shape index (κ1) is 32.6. The maximum absolute atomic E-state index is 14.0. The second-order valence-electron chi connectivity index (χ2n) is 12.3. The molecule has 0 saturated carbocycles. The van der Waals surface area contributed by atoms with Gasteiger partial charge in [-0.2, -0.15) is 10.7 Å². The highest BCUT2D eigenvalue weighted by molar-refractivity contribution is 6.38. The summed E-state index contributed by atoms with van der Waals surface area (Å²) in [6, 6.07) is 10.3. The molecular formula is C31H42F2N8O3. The number of hydrazine groups is 2. The second kappa shape index (κ2) is 14.0. The van der Waals surface area contributed by atoms with Gasteiger partial charge in [0.2, 0.25) is 17.6 Å². The lowest BCUT2D eigenvalue weighted by Crippen LogP contribution is -2.59. The average molecular weight is 613 g/mol. The van der Waals surface area contributed by atoms with Gasteiger partial charge >= 0.3 is 0 Å². The maximum Gasteiger partial charge on any atom is 0.293 e.